The van der Waals surface area contributed by atoms with Gasteiger partial charge in [-0.3, -0.25) is 0 Å². The van der Waals surface area contributed by atoms with Gasteiger partial charge in [-0.25, -0.2) is 4.85 Å². The standard InChI is InChI=1S/C50H28N4O/c1-52-34-26-33(28-36(29-34)54-44-18-7-4-15-39(44)43-25-31(30-51)21-23-46(43)54)38-14-3-2-13-37(38)32-11-10-12-35(27-32)53-45-19-8-5-17-42(45)49-47(53)24-22-41-40-16-6-9-20-48(40)55-50(41)49/h2-29H. The lowest BCUT2D eigenvalue weighted by Crippen LogP contribution is -1.96. The molecule has 0 saturated heterocycles. The summed E-state index contributed by atoms with van der Waals surface area (Å²) < 4.78 is 11.1. The molecule has 0 atom stereocenters. The summed E-state index contributed by atoms with van der Waals surface area (Å²) in [6.07, 6.45) is 0. The Kier molecular flexibility index (Phi) is 6.61. The van der Waals surface area contributed by atoms with Gasteiger partial charge in [-0.05, 0) is 101 Å². The Morgan fingerprint density at radius 3 is 1.96 bits per heavy atom. The fourth-order valence-electron chi connectivity index (χ4n) is 8.58. The van der Waals surface area contributed by atoms with E-state index in [9.17, 15) is 5.26 Å². The molecule has 0 aliphatic carbocycles. The van der Waals surface area contributed by atoms with Crippen LogP contribution in [0.15, 0.2) is 174 Å². The van der Waals surface area contributed by atoms with Crippen LogP contribution in [0.4, 0.5) is 5.69 Å². The van der Waals surface area contributed by atoms with Crippen LogP contribution in [0.2, 0.25) is 0 Å². The van der Waals surface area contributed by atoms with E-state index in [1.54, 1.807) is 0 Å². The lowest BCUT2D eigenvalue weighted by Gasteiger charge is -2.16. The first kappa shape index (κ1) is 30.7. The third kappa shape index (κ3) is 4.58. The summed E-state index contributed by atoms with van der Waals surface area (Å²) in [5.74, 6) is 0. The normalized spacial score (nSPS) is 11.6. The molecular weight excluding hydrogens is 673 g/mol. The molecule has 0 bridgehead atoms. The number of hydrogen-bond donors (Lipinski definition) is 0. The molecule has 3 heterocycles. The number of benzene rings is 8. The number of nitrogens with zero attached hydrogens (tertiary/aromatic N) is 4. The van der Waals surface area contributed by atoms with Gasteiger partial charge in [0.15, 0.2) is 5.69 Å². The Balaban J connectivity index is 1.10. The predicted molar refractivity (Wildman–Crippen MR) is 224 cm³/mol. The molecule has 5 heteroatoms. The topological polar surface area (TPSA) is 51.1 Å². The smallest absolute Gasteiger partial charge is 0.189 e. The zero-order chi connectivity index (χ0) is 36.6. The lowest BCUT2D eigenvalue weighted by molar-refractivity contribution is 0.673. The molecular formula is C50H28N4O. The van der Waals surface area contributed by atoms with Crippen molar-refractivity contribution in [1.82, 2.24) is 9.13 Å². The maximum atomic E-state index is 9.68. The molecule has 0 unspecified atom stereocenters. The second-order valence-corrected chi connectivity index (χ2v) is 13.9. The molecule has 0 aliphatic rings. The second kappa shape index (κ2) is 11.8. The van der Waals surface area contributed by atoms with Gasteiger partial charge in [0.25, 0.3) is 0 Å². The van der Waals surface area contributed by atoms with Crippen LogP contribution >= 0.6 is 0 Å². The van der Waals surface area contributed by atoms with E-state index >= 15 is 0 Å². The SMILES string of the molecule is [C-]#[N+]c1cc(-c2ccccc2-c2cccc(-n3c4ccccc4c4c5oc6ccccc6c5ccc43)c2)cc(-n2c3ccccc3c3cc(C#N)ccc32)c1. The number of hydrogen-bond acceptors (Lipinski definition) is 2. The van der Waals surface area contributed by atoms with Crippen molar-refractivity contribution in [3.05, 3.63) is 187 Å². The number of rotatable bonds is 4. The van der Waals surface area contributed by atoms with Crippen molar-refractivity contribution in [3.63, 3.8) is 0 Å². The van der Waals surface area contributed by atoms with Crippen LogP contribution in [0.5, 0.6) is 0 Å². The summed E-state index contributed by atoms with van der Waals surface area (Å²) in [5.41, 5.74) is 13.2. The maximum absolute atomic E-state index is 9.68. The van der Waals surface area contributed by atoms with Gasteiger partial charge in [-0.1, -0.05) is 91.0 Å². The van der Waals surface area contributed by atoms with Crippen LogP contribution < -0.4 is 0 Å². The maximum Gasteiger partial charge on any atom is 0.189 e. The molecule has 0 spiro atoms. The van der Waals surface area contributed by atoms with Crippen molar-refractivity contribution in [2.45, 2.75) is 0 Å². The summed E-state index contributed by atoms with van der Waals surface area (Å²) >= 11 is 0. The van der Waals surface area contributed by atoms with Crippen LogP contribution in [0.3, 0.4) is 0 Å². The minimum Gasteiger partial charge on any atom is -0.455 e. The molecule has 0 amide bonds. The van der Waals surface area contributed by atoms with Gasteiger partial charge in [-0.15, -0.1) is 0 Å². The largest absolute Gasteiger partial charge is 0.455 e. The second-order valence-electron chi connectivity index (χ2n) is 13.9. The van der Waals surface area contributed by atoms with Crippen LogP contribution in [-0.2, 0) is 0 Å². The van der Waals surface area contributed by atoms with E-state index in [1.165, 1.54) is 0 Å². The van der Waals surface area contributed by atoms with E-state index in [4.69, 9.17) is 11.0 Å². The van der Waals surface area contributed by atoms with E-state index in [0.29, 0.717) is 11.3 Å². The zero-order valence-corrected chi connectivity index (χ0v) is 29.4. The molecule has 0 radical (unpaired) electrons. The highest BCUT2D eigenvalue weighted by atomic mass is 16.3. The van der Waals surface area contributed by atoms with Crippen LogP contribution in [-0.4, -0.2) is 9.13 Å². The van der Waals surface area contributed by atoms with E-state index in [0.717, 1.165) is 99.2 Å². The molecule has 0 fully saturated rings. The molecule has 0 saturated carbocycles. The van der Waals surface area contributed by atoms with Gasteiger partial charge in [0.1, 0.15) is 11.2 Å². The highest BCUT2D eigenvalue weighted by Gasteiger charge is 2.20. The van der Waals surface area contributed by atoms with Crippen molar-refractivity contribution >= 4 is 71.2 Å². The van der Waals surface area contributed by atoms with Gasteiger partial charge in [0.05, 0.1) is 45.7 Å². The Morgan fingerprint density at radius 2 is 1.15 bits per heavy atom. The van der Waals surface area contributed by atoms with Gasteiger partial charge in [-0.2, -0.15) is 5.26 Å². The molecule has 0 aliphatic heterocycles. The van der Waals surface area contributed by atoms with Crippen molar-refractivity contribution in [2.24, 2.45) is 0 Å². The third-order valence-corrected chi connectivity index (χ3v) is 10.9. The quantitative estimate of drug-likeness (QED) is 0.172. The van der Waals surface area contributed by atoms with Crippen LogP contribution in [0, 0.1) is 17.9 Å². The fraction of sp³-hybridized carbons (Fsp3) is 0. The average molecular weight is 701 g/mol. The minimum atomic E-state index is 0.554. The number of nitriles is 1. The minimum absolute atomic E-state index is 0.554. The molecule has 5 nitrogen and oxygen atoms in total. The number of para-hydroxylation sites is 3. The van der Waals surface area contributed by atoms with Gasteiger partial charge in [0.2, 0.25) is 0 Å². The molecule has 11 rings (SSSR count). The lowest BCUT2D eigenvalue weighted by atomic mass is 9.93. The Morgan fingerprint density at radius 1 is 0.491 bits per heavy atom. The summed E-state index contributed by atoms with van der Waals surface area (Å²) in [6.45, 7) is 8.11. The average Bonchev–Trinajstić information content (AvgIpc) is 3.91. The molecule has 0 N–H and O–H groups in total. The van der Waals surface area contributed by atoms with E-state index in [-0.39, 0.29) is 0 Å². The predicted octanol–water partition coefficient (Wildman–Crippen LogP) is 13.5. The zero-order valence-electron chi connectivity index (χ0n) is 29.4. The van der Waals surface area contributed by atoms with Gasteiger partial charge in [0, 0.05) is 38.3 Å². The highest BCUT2D eigenvalue weighted by Crippen LogP contribution is 2.42. The monoisotopic (exact) mass is 700 g/mol. The van der Waals surface area contributed by atoms with E-state index in [2.05, 4.69) is 135 Å². The number of aromatic nitrogens is 2. The molecule has 55 heavy (non-hydrogen) atoms. The van der Waals surface area contributed by atoms with Crippen LogP contribution in [0.25, 0.3) is 104 Å². The molecule has 3 aromatic heterocycles. The van der Waals surface area contributed by atoms with E-state index in [1.807, 2.05) is 54.6 Å². The Labute approximate surface area is 315 Å². The first-order chi connectivity index (χ1) is 27.2. The van der Waals surface area contributed by atoms with Gasteiger partial charge < -0.3 is 13.6 Å². The van der Waals surface area contributed by atoms with Crippen molar-refractivity contribution < 1.29 is 4.42 Å². The number of fused-ring (bicyclic) bond motifs is 10. The van der Waals surface area contributed by atoms with Crippen molar-refractivity contribution in [1.29, 1.82) is 5.26 Å². The molecule has 254 valence electrons. The molecule has 8 aromatic carbocycles. The fourth-order valence-corrected chi connectivity index (χ4v) is 8.58. The first-order valence-corrected chi connectivity index (χ1v) is 18.2. The Hall–Kier alpha value is -7.86. The third-order valence-electron chi connectivity index (χ3n) is 10.9. The van der Waals surface area contributed by atoms with Gasteiger partial charge >= 0.3 is 0 Å². The first-order valence-electron chi connectivity index (χ1n) is 18.2. The molecule has 11 aromatic rings. The van der Waals surface area contributed by atoms with Crippen LogP contribution in [0.1, 0.15) is 5.56 Å². The summed E-state index contributed by atoms with van der Waals surface area (Å²) in [4.78, 5) is 3.94. The summed E-state index contributed by atoms with van der Waals surface area (Å²) in [5, 5.41) is 16.2. The Bertz CT molecular complexity index is 3470. The number of furan rings is 1. The van der Waals surface area contributed by atoms with Crippen molar-refractivity contribution in [3.8, 4) is 39.7 Å². The summed E-state index contributed by atoms with van der Waals surface area (Å²) in [7, 11) is 0. The van der Waals surface area contributed by atoms with Crippen molar-refractivity contribution in [2.75, 3.05) is 0 Å². The highest BCUT2D eigenvalue weighted by molar-refractivity contribution is 6.24. The summed E-state index contributed by atoms with van der Waals surface area (Å²) in [6, 6.07) is 60.7. The van der Waals surface area contributed by atoms with E-state index < -0.39 is 0 Å².